The lowest BCUT2D eigenvalue weighted by atomic mass is 9.67. The first-order chi connectivity index (χ1) is 14.7. The van der Waals surface area contributed by atoms with Gasteiger partial charge in [-0.05, 0) is 73.3 Å². The summed E-state index contributed by atoms with van der Waals surface area (Å²) in [4.78, 5) is 0. The van der Waals surface area contributed by atoms with Crippen LogP contribution in [0.1, 0.15) is 89.5 Å². The number of hydrogen-bond donors (Lipinski definition) is 0. The number of hydrogen-bond acceptors (Lipinski definition) is 2. The Kier molecular flexibility index (Phi) is 8.38. The SMILES string of the molecule is CCCCCC1(C#N)CCC(c2ccc(-c3ccc(OCCCC)cc3)cc2)CC1. The zero-order valence-corrected chi connectivity index (χ0v) is 18.8. The van der Waals surface area contributed by atoms with Crippen molar-refractivity contribution in [2.45, 2.75) is 84.0 Å². The van der Waals surface area contributed by atoms with E-state index in [1.165, 1.54) is 36.0 Å². The van der Waals surface area contributed by atoms with Crippen molar-refractivity contribution in [1.29, 1.82) is 5.26 Å². The van der Waals surface area contributed by atoms with Gasteiger partial charge in [-0.3, -0.25) is 0 Å². The zero-order chi connectivity index (χ0) is 21.2. The van der Waals surface area contributed by atoms with Crippen molar-refractivity contribution in [3.63, 3.8) is 0 Å². The molecule has 30 heavy (non-hydrogen) atoms. The molecular weight excluding hydrogens is 366 g/mol. The second-order valence-electron chi connectivity index (χ2n) is 8.97. The first-order valence-corrected chi connectivity index (χ1v) is 11.9. The fourth-order valence-electron chi connectivity index (χ4n) is 4.66. The fourth-order valence-corrected chi connectivity index (χ4v) is 4.66. The van der Waals surface area contributed by atoms with Crippen LogP contribution in [-0.4, -0.2) is 6.61 Å². The van der Waals surface area contributed by atoms with Crippen LogP contribution in [0.5, 0.6) is 5.75 Å². The molecule has 0 atom stereocenters. The molecule has 0 unspecified atom stereocenters. The summed E-state index contributed by atoms with van der Waals surface area (Å²) in [5.74, 6) is 1.55. The first kappa shape index (κ1) is 22.4. The van der Waals surface area contributed by atoms with Gasteiger partial charge in [0.1, 0.15) is 5.75 Å². The van der Waals surface area contributed by atoms with Crippen LogP contribution in [0.15, 0.2) is 48.5 Å². The van der Waals surface area contributed by atoms with Crippen molar-refractivity contribution in [2.24, 2.45) is 5.41 Å². The number of nitriles is 1. The Morgan fingerprint density at radius 3 is 2.03 bits per heavy atom. The van der Waals surface area contributed by atoms with E-state index in [0.29, 0.717) is 5.92 Å². The summed E-state index contributed by atoms with van der Waals surface area (Å²) in [6.07, 6.45) is 11.4. The van der Waals surface area contributed by atoms with Crippen LogP contribution in [-0.2, 0) is 0 Å². The summed E-state index contributed by atoms with van der Waals surface area (Å²) in [6.45, 7) is 5.20. The Hall–Kier alpha value is -2.27. The molecule has 2 aromatic rings. The monoisotopic (exact) mass is 403 g/mol. The molecule has 0 bridgehead atoms. The minimum atomic E-state index is -0.0629. The van der Waals surface area contributed by atoms with Crippen molar-refractivity contribution in [3.05, 3.63) is 54.1 Å². The lowest BCUT2D eigenvalue weighted by Gasteiger charge is -2.35. The standard InChI is InChI=1S/C28H37NO/c1-3-5-7-18-28(22-29)19-16-26(17-20-28)24-10-8-23(9-11-24)25-12-14-27(15-13-25)30-21-6-4-2/h8-15,26H,3-7,16-21H2,1-2H3. The molecule has 0 radical (unpaired) electrons. The minimum absolute atomic E-state index is 0.0629. The molecule has 2 aromatic carbocycles. The van der Waals surface area contributed by atoms with Gasteiger partial charge in [0.25, 0.3) is 0 Å². The normalized spacial score (nSPS) is 21.2. The van der Waals surface area contributed by atoms with E-state index in [2.05, 4.69) is 68.4 Å². The molecule has 0 saturated heterocycles. The van der Waals surface area contributed by atoms with E-state index < -0.39 is 0 Å². The lowest BCUT2D eigenvalue weighted by molar-refractivity contribution is 0.223. The number of rotatable bonds is 10. The lowest BCUT2D eigenvalue weighted by Crippen LogP contribution is -2.25. The summed E-state index contributed by atoms with van der Waals surface area (Å²) < 4.78 is 5.77. The molecule has 2 heteroatoms. The molecule has 0 heterocycles. The average molecular weight is 404 g/mol. The van der Waals surface area contributed by atoms with Crippen LogP contribution in [0.4, 0.5) is 0 Å². The third-order valence-electron chi connectivity index (χ3n) is 6.78. The molecule has 160 valence electrons. The zero-order valence-electron chi connectivity index (χ0n) is 18.8. The number of nitrogens with zero attached hydrogens (tertiary/aromatic N) is 1. The van der Waals surface area contributed by atoms with E-state index in [1.807, 2.05) is 0 Å². The predicted octanol–water partition coefficient (Wildman–Crippen LogP) is 8.28. The molecule has 1 saturated carbocycles. The van der Waals surface area contributed by atoms with E-state index in [4.69, 9.17) is 4.74 Å². The highest BCUT2D eigenvalue weighted by Crippen LogP contribution is 2.45. The van der Waals surface area contributed by atoms with E-state index in [1.54, 1.807) is 0 Å². The molecule has 3 rings (SSSR count). The van der Waals surface area contributed by atoms with Crippen LogP contribution in [0, 0.1) is 16.7 Å². The number of ether oxygens (including phenoxy) is 1. The van der Waals surface area contributed by atoms with Gasteiger partial charge in [-0.1, -0.05) is 75.9 Å². The molecule has 2 nitrogen and oxygen atoms in total. The van der Waals surface area contributed by atoms with Crippen molar-refractivity contribution in [2.75, 3.05) is 6.61 Å². The molecule has 0 aromatic heterocycles. The fraction of sp³-hybridized carbons (Fsp3) is 0.536. The van der Waals surface area contributed by atoms with E-state index >= 15 is 0 Å². The maximum atomic E-state index is 9.78. The highest BCUT2D eigenvalue weighted by atomic mass is 16.5. The Labute approximate surface area is 183 Å². The van der Waals surface area contributed by atoms with Crippen LogP contribution in [0.2, 0.25) is 0 Å². The van der Waals surface area contributed by atoms with E-state index in [9.17, 15) is 5.26 Å². The van der Waals surface area contributed by atoms with E-state index in [0.717, 1.165) is 57.3 Å². The predicted molar refractivity (Wildman–Crippen MR) is 126 cm³/mol. The highest BCUT2D eigenvalue weighted by molar-refractivity contribution is 5.64. The van der Waals surface area contributed by atoms with Crippen molar-refractivity contribution in [1.82, 2.24) is 0 Å². The third-order valence-corrected chi connectivity index (χ3v) is 6.78. The van der Waals surface area contributed by atoms with Gasteiger partial charge < -0.3 is 4.74 Å². The van der Waals surface area contributed by atoms with Gasteiger partial charge in [0, 0.05) is 0 Å². The van der Waals surface area contributed by atoms with Gasteiger partial charge in [0.05, 0.1) is 18.1 Å². The Bertz CT molecular complexity index is 792. The van der Waals surface area contributed by atoms with E-state index in [-0.39, 0.29) is 5.41 Å². The minimum Gasteiger partial charge on any atom is -0.494 e. The van der Waals surface area contributed by atoms with Gasteiger partial charge in [0.15, 0.2) is 0 Å². The van der Waals surface area contributed by atoms with Gasteiger partial charge in [-0.15, -0.1) is 0 Å². The Balaban J connectivity index is 1.57. The molecule has 0 aliphatic heterocycles. The second kappa shape index (κ2) is 11.2. The van der Waals surface area contributed by atoms with Gasteiger partial charge in [0.2, 0.25) is 0 Å². The van der Waals surface area contributed by atoms with Crippen molar-refractivity contribution < 1.29 is 4.74 Å². The second-order valence-corrected chi connectivity index (χ2v) is 8.97. The average Bonchev–Trinajstić information content (AvgIpc) is 2.80. The molecule has 1 aliphatic rings. The topological polar surface area (TPSA) is 33.0 Å². The number of unbranched alkanes of at least 4 members (excludes halogenated alkanes) is 3. The first-order valence-electron chi connectivity index (χ1n) is 11.9. The Morgan fingerprint density at radius 2 is 1.47 bits per heavy atom. The van der Waals surface area contributed by atoms with Crippen LogP contribution >= 0.6 is 0 Å². The smallest absolute Gasteiger partial charge is 0.119 e. The summed E-state index contributed by atoms with van der Waals surface area (Å²) in [5, 5.41) is 9.78. The van der Waals surface area contributed by atoms with Crippen LogP contribution in [0.3, 0.4) is 0 Å². The molecule has 1 fully saturated rings. The highest BCUT2D eigenvalue weighted by Gasteiger charge is 2.35. The summed E-state index contributed by atoms with van der Waals surface area (Å²) in [5.41, 5.74) is 3.85. The summed E-state index contributed by atoms with van der Waals surface area (Å²) >= 11 is 0. The number of benzene rings is 2. The van der Waals surface area contributed by atoms with Crippen molar-refractivity contribution >= 4 is 0 Å². The van der Waals surface area contributed by atoms with Crippen LogP contribution in [0.25, 0.3) is 11.1 Å². The van der Waals surface area contributed by atoms with Gasteiger partial charge >= 0.3 is 0 Å². The third kappa shape index (κ3) is 5.88. The maximum Gasteiger partial charge on any atom is 0.119 e. The summed E-state index contributed by atoms with van der Waals surface area (Å²) in [6, 6.07) is 20.2. The molecular formula is C28H37NO. The maximum absolute atomic E-state index is 9.78. The van der Waals surface area contributed by atoms with Gasteiger partial charge in [-0.2, -0.15) is 5.26 Å². The Morgan fingerprint density at radius 1 is 0.867 bits per heavy atom. The largest absolute Gasteiger partial charge is 0.494 e. The molecule has 0 spiro atoms. The quantitative estimate of drug-likeness (QED) is 0.374. The molecule has 0 N–H and O–H groups in total. The summed E-state index contributed by atoms with van der Waals surface area (Å²) in [7, 11) is 0. The van der Waals surface area contributed by atoms with Crippen LogP contribution < -0.4 is 4.74 Å². The van der Waals surface area contributed by atoms with Crippen molar-refractivity contribution in [3.8, 4) is 22.9 Å². The molecule has 0 amide bonds. The van der Waals surface area contributed by atoms with Gasteiger partial charge in [-0.25, -0.2) is 0 Å². The molecule has 1 aliphatic carbocycles.